The highest BCUT2D eigenvalue weighted by Crippen LogP contribution is 2.33. The predicted molar refractivity (Wildman–Crippen MR) is 114 cm³/mol. The molecular formula is C20H23N3O7S. The molecule has 1 N–H and O–H groups in total. The van der Waals surface area contributed by atoms with Crippen molar-refractivity contribution in [2.24, 2.45) is 0 Å². The van der Waals surface area contributed by atoms with Crippen LogP contribution in [0.5, 0.6) is 11.5 Å². The maximum Gasteiger partial charge on any atom is 0.274 e. The van der Waals surface area contributed by atoms with Crippen molar-refractivity contribution in [3.8, 4) is 11.5 Å². The molecule has 31 heavy (non-hydrogen) atoms. The maximum atomic E-state index is 12.7. The van der Waals surface area contributed by atoms with Gasteiger partial charge in [-0.2, -0.15) is 0 Å². The molecule has 10 nitrogen and oxygen atoms in total. The van der Waals surface area contributed by atoms with E-state index in [0.717, 1.165) is 16.1 Å². The monoisotopic (exact) mass is 449 g/mol. The van der Waals surface area contributed by atoms with Gasteiger partial charge < -0.3 is 14.8 Å². The number of nitrogens with one attached hydrogen (secondary N) is 1. The number of fused-ring (bicyclic) bond motifs is 1. The Balaban J connectivity index is 1.79. The Labute approximate surface area is 180 Å². The third kappa shape index (κ3) is 5.05. The first-order valence-corrected chi connectivity index (χ1v) is 11.3. The predicted octanol–water partition coefficient (Wildman–Crippen LogP) is 2.32. The first-order chi connectivity index (χ1) is 14.6. The van der Waals surface area contributed by atoms with Crippen molar-refractivity contribution in [1.29, 1.82) is 0 Å². The fourth-order valence-corrected chi connectivity index (χ4v) is 4.20. The molecule has 0 spiro atoms. The van der Waals surface area contributed by atoms with Gasteiger partial charge in [0.05, 0.1) is 28.5 Å². The van der Waals surface area contributed by atoms with E-state index in [0.29, 0.717) is 24.7 Å². The second-order valence-corrected chi connectivity index (χ2v) is 9.05. The fraction of sp³-hybridized carbons (Fsp3) is 0.350. The minimum atomic E-state index is -3.88. The normalized spacial score (nSPS) is 13.9. The van der Waals surface area contributed by atoms with Crippen LogP contribution < -0.4 is 19.1 Å². The Morgan fingerprint density at radius 1 is 1.23 bits per heavy atom. The number of hydrogen-bond acceptors (Lipinski definition) is 7. The standard InChI is InChI=1S/C20H23N3O7S/c1-13-16(5-4-6-17(13)23(25)26)22(31(3,27)28)12-20(24)21-14(2)15-7-8-18-19(11-15)30-10-9-29-18/h4-8,11,14H,9-10,12H2,1-3H3,(H,21,24)/t14-/m0/s1. The topological polar surface area (TPSA) is 128 Å². The smallest absolute Gasteiger partial charge is 0.274 e. The molecule has 0 saturated carbocycles. The van der Waals surface area contributed by atoms with E-state index >= 15 is 0 Å². The lowest BCUT2D eigenvalue weighted by atomic mass is 10.1. The van der Waals surface area contributed by atoms with Crippen LogP contribution in [0, 0.1) is 17.0 Å². The van der Waals surface area contributed by atoms with Crippen LogP contribution in [0.1, 0.15) is 24.1 Å². The largest absolute Gasteiger partial charge is 0.486 e. The van der Waals surface area contributed by atoms with E-state index in [-0.39, 0.29) is 16.9 Å². The van der Waals surface area contributed by atoms with Gasteiger partial charge >= 0.3 is 0 Å². The van der Waals surface area contributed by atoms with E-state index in [9.17, 15) is 23.3 Å². The first-order valence-electron chi connectivity index (χ1n) is 9.48. The molecule has 166 valence electrons. The molecule has 3 rings (SSSR count). The van der Waals surface area contributed by atoms with Crippen LogP contribution in [-0.2, 0) is 14.8 Å². The number of nitro benzene ring substituents is 1. The summed E-state index contributed by atoms with van der Waals surface area (Å²) in [7, 11) is -3.88. The van der Waals surface area contributed by atoms with E-state index in [4.69, 9.17) is 9.47 Å². The second kappa shape index (κ2) is 8.80. The lowest BCUT2D eigenvalue weighted by molar-refractivity contribution is -0.385. The van der Waals surface area contributed by atoms with E-state index in [1.54, 1.807) is 25.1 Å². The van der Waals surface area contributed by atoms with Crippen molar-refractivity contribution in [3.05, 3.63) is 57.6 Å². The number of sulfonamides is 1. The fourth-order valence-electron chi connectivity index (χ4n) is 3.29. The number of nitro groups is 1. The molecule has 0 bridgehead atoms. The lowest BCUT2D eigenvalue weighted by Gasteiger charge is -2.25. The molecule has 0 aromatic heterocycles. The van der Waals surface area contributed by atoms with E-state index in [1.807, 2.05) is 0 Å². The molecule has 1 heterocycles. The van der Waals surface area contributed by atoms with Gasteiger partial charge in [0, 0.05) is 6.07 Å². The Kier molecular flexibility index (Phi) is 6.34. The highest BCUT2D eigenvalue weighted by atomic mass is 32.2. The van der Waals surface area contributed by atoms with Gasteiger partial charge in [-0.3, -0.25) is 19.2 Å². The summed E-state index contributed by atoms with van der Waals surface area (Å²) in [6.45, 7) is 3.59. The maximum absolute atomic E-state index is 12.7. The number of ether oxygens (including phenoxy) is 2. The molecule has 1 amide bonds. The van der Waals surface area contributed by atoms with Crippen LogP contribution in [0.4, 0.5) is 11.4 Å². The summed E-state index contributed by atoms with van der Waals surface area (Å²) in [6, 6.07) is 8.96. The summed E-state index contributed by atoms with van der Waals surface area (Å²) in [5, 5.41) is 14.0. The highest BCUT2D eigenvalue weighted by Gasteiger charge is 2.26. The van der Waals surface area contributed by atoms with Crippen molar-refractivity contribution in [1.82, 2.24) is 5.32 Å². The van der Waals surface area contributed by atoms with Crippen molar-refractivity contribution >= 4 is 27.3 Å². The summed E-state index contributed by atoms with van der Waals surface area (Å²) in [5.74, 6) is 0.645. The average Bonchev–Trinajstić information content (AvgIpc) is 2.71. The van der Waals surface area contributed by atoms with Crippen molar-refractivity contribution in [2.45, 2.75) is 19.9 Å². The summed E-state index contributed by atoms with van der Waals surface area (Å²) in [6.07, 6.45) is 0.947. The zero-order valence-corrected chi connectivity index (χ0v) is 18.1. The van der Waals surface area contributed by atoms with Crippen molar-refractivity contribution < 1.29 is 27.6 Å². The number of benzene rings is 2. The molecule has 1 atom stereocenters. The summed E-state index contributed by atoms with van der Waals surface area (Å²) >= 11 is 0. The third-order valence-electron chi connectivity index (χ3n) is 4.87. The van der Waals surface area contributed by atoms with E-state index < -0.39 is 33.4 Å². The van der Waals surface area contributed by atoms with Crippen LogP contribution >= 0.6 is 0 Å². The molecule has 0 radical (unpaired) electrons. The zero-order valence-electron chi connectivity index (χ0n) is 17.3. The summed E-state index contributed by atoms with van der Waals surface area (Å²) in [4.78, 5) is 23.3. The number of carbonyl (C=O) groups excluding carboxylic acids is 1. The molecule has 0 saturated heterocycles. The SMILES string of the molecule is Cc1c(N(CC(=O)N[C@@H](C)c2ccc3c(c2)OCCO3)S(C)(=O)=O)cccc1[N+](=O)[O-]. The molecule has 1 aliphatic rings. The van der Waals surface area contributed by atoms with Crippen molar-refractivity contribution in [2.75, 3.05) is 30.3 Å². The number of nitrogens with zero attached hydrogens (tertiary/aromatic N) is 2. The number of carbonyl (C=O) groups is 1. The Morgan fingerprint density at radius 2 is 1.90 bits per heavy atom. The van der Waals surface area contributed by atoms with Gasteiger partial charge in [-0.1, -0.05) is 12.1 Å². The first kappa shape index (κ1) is 22.3. The number of amides is 1. The van der Waals surface area contributed by atoms with Gasteiger partial charge in [0.25, 0.3) is 5.69 Å². The highest BCUT2D eigenvalue weighted by molar-refractivity contribution is 7.92. The van der Waals surface area contributed by atoms with Gasteiger partial charge in [-0.15, -0.1) is 0 Å². The van der Waals surface area contributed by atoms with Crippen LogP contribution in [0.3, 0.4) is 0 Å². The van der Waals surface area contributed by atoms with Gasteiger partial charge in [0.2, 0.25) is 15.9 Å². The molecule has 0 fully saturated rings. The lowest BCUT2D eigenvalue weighted by Crippen LogP contribution is -2.41. The molecule has 0 unspecified atom stereocenters. The van der Waals surface area contributed by atoms with E-state index in [1.165, 1.54) is 25.1 Å². The van der Waals surface area contributed by atoms with Crippen LogP contribution in [0.15, 0.2) is 36.4 Å². The van der Waals surface area contributed by atoms with Crippen LogP contribution in [0.25, 0.3) is 0 Å². The van der Waals surface area contributed by atoms with Crippen LogP contribution in [-0.4, -0.2) is 45.3 Å². The zero-order chi connectivity index (χ0) is 22.8. The van der Waals surface area contributed by atoms with Crippen LogP contribution in [0.2, 0.25) is 0 Å². The minimum Gasteiger partial charge on any atom is -0.486 e. The van der Waals surface area contributed by atoms with Crippen molar-refractivity contribution in [3.63, 3.8) is 0 Å². The van der Waals surface area contributed by atoms with Gasteiger partial charge in [-0.05, 0) is 37.6 Å². The Morgan fingerprint density at radius 3 is 2.55 bits per heavy atom. The number of anilines is 1. The molecule has 2 aromatic carbocycles. The molecule has 1 aliphatic heterocycles. The molecular weight excluding hydrogens is 426 g/mol. The molecule has 0 aliphatic carbocycles. The summed E-state index contributed by atoms with van der Waals surface area (Å²) in [5.41, 5.74) is 0.774. The van der Waals surface area contributed by atoms with Gasteiger partial charge in [0.15, 0.2) is 11.5 Å². The third-order valence-corrected chi connectivity index (χ3v) is 6.00. The van der Waals surface area contributed by atoms with Gasteiger partial charge in [0.1, 0.15) is 19.8 Å². The van der Waals surface area contributed by atoms with E-state index in [2.05, 4.69) is 5.32 Å². The van der Waals surface area contributed by atoms with Gasteiger partial charge in [-0.25, -0.2) is 8.42 Å². The second-order valence-electron chi connectivity index (χ2n) is 7.14. The quantitative estimate of drug-likeness (QED) is 0.507. The Bertz CT molecular complexity index is 1120. The number of rotatable bonds is 7. The average molecular weight is 449 g/mol. The molecule has 2 aromatic rings. The minimum absolute atomic E-state index is 0.0823. The number of hydrogen-bond donors (Lipinski definition) is 1. The summed E-state index contributed by atoms with van der Waals surface area (Å²) < 4.78 is 36.6. The Hall–Kier alpha value is -3.34. The molecule has 11 heteroatoms.